The fourth-order valence-electron chi connectivity index (χ4n) is 1.28. The van der Waals surface area contributed by atoms with Crippen LogP contribution in [0.4, 0.5) is 0 Å². The Balaban J connectivity index is 2.15. The van der Waals surface area contributed by atoms with E-state index in [0.717, 1.165) is 6.54 Å². The van der Waals surface area contributed by atoms with Crippen molar-refractivity contribution in [1.29, 1.82) is 5.26 Å². The number of hydrogen-bond donors (Lipinski definition) is 0. The smallest absolute Gasteiger partial charge is 0.102 e. The average Bonchev–Trinajstić information content (AvgIpc) is 2.76. The van der Waals surface area contributed by atoms with Gasteiger partial charge < -0.3 is 0 Å². The molecule has 3 nitrogen and oxygen atoms in total. The molecule has 0 aliphatic heterocycles. The van der Waals surface area contributed by atoms with Crippen molar-refractivity contribution in [3.8, 4) is 6.07 Å². The molecule has 0 saturated carbocycles. The molecule has 2 aromatic rings. The number of hydrogen-bond acceptors (Lipinski definition) is 3. The van der Waals surface area contributed by atoms with Gasteiger partial charge in [0.25, 0.3) is 0 Å². The molecule has 14 heavy (non-hydrogen) atoms. The van der Waals surface area contributed by atoms with Gasteiger partial charge in [0.2, 0.25) is 0 Å². The third kappa shape index (κ3) is 1.83. The van der Waals surface area contributed by atoms with Gasteiger partial charge >= 0.3 is 0 Å². The molecule has 0 aliphatic rings. The van der Waals surface area contributed by atoms with Crippen LogP contribution in [0.15, 0.2) is 23.8 Å². The van der Waals surface area contributed by atoms with E-state index in [1.807, 2.05) is 0 Å². The standard InChI is InChI=1S/C10H9N3S/c1-8-2-9(7-14-8)5-13-6-10(3-11)4-12-13/h2,4,6-7H,5H2,1H3. The van der Waals surface area contributed by atoms with Crippen molar-refractivity contribution in [2.75, 3.05) is 0 Å². The second kappa shape index (κ2) is 3.64. The molecular weight excluding hydrogens is 194 g/mol. The zero-order valence-electron chi connectivity index (χ0n) is 7.77. The quantitative estimate of drug-likeness (QED) is 0.750. The van der Waals surface area contributed by atoms with E-state index in [2.05, 4.69) is 29.5 Å². The fraction of sp³-hybridized carbons (Fsp3) is 0.200. The number of nitrogens with zero attached hydrogens (tertiary/aromatic N) is 3. The molecular formula is C10H9N3S. The molecule has 0 spiro atoms. The molecule has 0 fully saturated rings. The largest absolute Gasteiger partial charge is 0.267 e. The molecule has 0 N–H and O–H groups in total. The zero-order valence-corrected chi connectivity index (χ0v) is 8.58. The summed E-state index contributed by atoms with van der Waals surface area (Å²) in [5.74, 6) is 0. The first-order chi connectivity index (χ1) is 6.78. The van der Waals surface area contributed by atoms with Crippen LogP contribution < -0.4 is 0 Å². The van der Waals surface area contributed by atoms with Crippen LogP contribution in [-0.2, 0) is 6.54 Å². The molecule has 4 heteroatoms. The average molecular weight is 203 g/mol. The summed E-state index contributed by atoms with van der Waals surface area (Å²) in [7, 11) is 0. The maximum Gasteiger partial charge on any atom is 0.102 e. The van der Waals surface area contributed by atoms with Gasteiger partial charge in [0.05, 0.1) is 18.3 Å². The van der Waals surface area contributed by atoms with Crippen LogP contribution in [-0.4, -0.2) is 9.78 Å². The Kier molecular flexibility index (Phi) is 2.33. The summed E-state index contributed by atoms with van der Waals surface area (Å²) < 4.78 is 1.78. The van der Waals surface area contributed by atoms with Crippen molar-refractivity contribution in [2.24, 2.45) is 0 Å². The van der Waals surface area contributed by atoms with E-state index < -0.39 is 0 Å². The third-order valence-electron chi connectivity index (χ3n) is 1.89. The molecule has 0 unspecified atom stereocenters. The van der Waals surface area contributed by atoms with E-state index in [0.29, 0.717) is 5.56 Å². The van der Waals surface area contributed by atoms with Crippen LogP contribution in [0, 0.1) is 18.3 Å². The van der Waals surface area contributed by atoms with Crippen LogP contribution >= 0.6 is 11.3 Å². The lowest BCUT2D eigenvalue weighted by atomic mass is 10.3. The molecule has 0 bridgehead atoms. The van der Waals surface area contributed by atoms with Gasteiger partial charge in [-0.15, -0.1) is 11.3 Å². The molecule has 0 radical (unpaired) electrons. The summed E-state index contributed by atoms with van der Waals surface area (Å²) in [5.41, 5.74) is 1.84. The number of nitriles is 1. The maximum absolute atomic E-state index is 8.62. The van der Waals surface area contributed by atoms with Gasteiger partial charge in [-0.3, -0.25) is 4.68 Å². The van der Waals surface area contributed by atoms with Crippen LogP contribution in [0.5, 0.6) is 0 Å². The van der Waals surface area contributed by atoms with Crippen molar-refractivity contribution in [1.82, 2.24) is 9.78 Å². The predicted molar refractivity (Wildman–Crippen MR) is 55.1 cm³/mol. The highest BCUT2D eigenvalue weighted by atomic mass is 32.1. The molecule has 0 atom stereocenters. The van der Waals surface area contributed by atoms with E-state index in [1.54, 1.807) is 28.4 Å². The summed E-state index contributed by atoms with van der Waals surface area (Å²) in [6.45, 7) is 2.82. The zero-order chi connectivity index (χ0) is 9.97. The van der Waals surface area contributed by atoms with Gasteiger partial charge in [-0.1, -0.05) is 0 Å². The van der Waals surface area contributed by atoms with Gasteiger partial charge in [0.15, 0.2) is 0 Å². The van der Waals surface area contributed by atoms with Crippen molar-refractivity contribution in [2.45, 2.75) is 13.5 Å². The Morgan fingerprint density at radius 2 is 2.50 bits per heavy atom. The van der Waals surface area contributed by atoms with Crippen molar-refractivity contribution in [3.05, 3.63) is 39.8 Å². The molecule has 0 amide bonds. The SMILES string of the molecule is Cc1cc(Cn2cc(C#N)cn2)cs1. The lowest BCUT2D eigenvalue weighted by Crippen LogP contribution is -1.97. The van der Waals surface area contributed by atoms with E-state index in [9.17, 15) is 0 Å². The monoisotopic (exact) mass is 203 g/mol. The Hall–Kier alpha value is -1.60. The Morgan fingerprint density at radius 3 is 3.07 bits per heavy atom. The minimum atomic E-state index is 0.608. The van der Waals surface area contributed by atoms with Crippen LogP contribution in [0.3, 0.4) is 0 Å². The highest BCUT2D eigenvalue weighted by molar-refractivity contribution is 7.10. The van der Waals surface area contributed by atoms with Crippen molar-refractivity contribution < 1.29 is 0 Å². The second-order valence-corrected chi connectivity index (χ2v) is 4.22. The minimum Gasteiger partial charge on any atom is -0.267 e. The second-order valence-electron chi connectivity index (χ2n) is 3.10. The van der Waals surface area contributed by atoms with E-state index in [4.69, 9.17) is 5.26 Å². The molecule has 2 heterocycles. The first-order valence-electron chi connectivity index (χ1n) is 4.24. The van der Waals surface area contributed by atoms with Gasteiger partial charge in [0.1, 0.15) is 6.07 Å². The lowest BCUT2D eigenvalue weighted by Gasteiger charge is -1.96. The van der Waals surface area contributed by atoms with E-state index in [-0.39, 0.29) is 0 Å². The van der Waals surface area contributed by atoms with Crippen LogP contribution in [0.1, 0.15) is 16.0 Å². The van der Waals surface area contributed by atoms with Gasteiger partial charge in [-0.25, -0.2) is 0 Å². The first kappa shape index (κ1) is 8.97. The molecule has 0 saturated heterocycles. The van der Waals surface area contributed by atoms with E-state index in [1.165, 1.54) is 10.4 Å². The topological polar surface area (TPSA) is 41.6 Å². The maximum atomic E-state index is 8.62. The van der Waals surface area contributed by atoms with Crippen molar-refractivity contribution >= 4 is 11.3 Å². The van der Waals surface area contributed by atoms with Crippen LogP contribution in [0.25, 0.3) is 0 Å². The van der Waals surface area contributed by atoms with Crippen LogP contribution in [0.2, 0.25) is 0 Å². The molecule has 2 rings (SSSR count). The number of thiophene rings is 1. The Morgan fingerprint density at radius 1 is 1.64 bits per heavy atom. The Labute approximate surface area is 86.2 Å². The highest BCUT2D eigenvalue weighted by Gasteiger charge is 2.00. The number of aryl methyl sites for hydroxylation is 1. The van der Waals surface area contributed by atoms with Crippen molar-refractivity contribution in [3.63, 3.8) is 0 Å². The summed E-state index contributed by atoms with van der Waals surface area (Å²) in [6, 6.07) is 4.19. The summed E-state index contributed by atoms with van der Waals surface area (Å²) in [6.07, 6.45) is 3.34. The highest BCUT2D eigenvalue weighted by Crippen LogP contribution is 2.14. The lowest BCUT2D eigenvalue weighted by molar-refractivity contribution is 0.688. The number of rotatable bonds is 2. The van der Waals surface area contributed by atoms with Gasteiger partial charge in [0, 0.05) is 11.1 Å². The van der Waals surface area contributed by atoms with E-state index >= 15 is 0 Å². The number of aromatic nitrogens is 2. The predicted octanol–water partition coefficient (Wildman–Crippen LogP) is 2.17. The van der Waals surface area contributed by atoms with Gasteiger partial charge in [-0.2, -0.15) is 10.4 Å². The summed E-state index contributed by atoms with van der Waals surface area (Å²) in [4.78, 5) is 1.30. The first-order valence-corrected chi connectivity index (χ1v) is 5.12. The Bertz CT molecular complexity index is 476. The molecule has 0 aliphatic carbocycles. The fourth-order valence-corrected chi connectivity index (χ4v) is 1.97. The van der Waals surface area contributed by atoms with Gasteiger partial charge in [-0.05, 0) is 23.9 Å². The molecule has 0 aromatic carbocycles. The third-order valence-corrected chi connectivity index (χ3v) is 2.80. The minimum absolute atomic E-state index is 0.608. The molecule has 2 aromatic heterocycles. The molecule has 70 valence electrons. The summed E-state index contributed by atoms with van der Waals surface area (Å²) >= 11 is 1.73. The summed E-state index contributed by atoms with van der Waals surface area (Å²) in [5, 5.41) is 14.8. The normalized spacial score (nSPS) is 10.0.